The maximum absolute atomic E-state index is 5.67. The van der Waals surface area contributed by atoms with Crippen LogP contribution in [0.2, 0.25) is 0 Å². The molecule has 0 aromatic heterocycles. The molecule has 2 unspecified atom stereocenters. The number of ether oxygens (including phenoxy) is 1. The molecule has 1 aromatic rings. The van der Waals surface area contributed by atoms with Crippen molar-refractivity contribution in [3.63, 3.8) is 0 Å². The quantitative estimate of drug-likeness (QED) is 0.296. The molecule has 0 bridgehead atoms. The van der Waals surface area contributed by atoms with Crippen LogP contribution in [0.1, 0.15) is 31.7 Å². The van der Waals surface area contributed by atoms with Crippen LogP contribution in [-0.2, 0) is 11.3 Å². The van der Waals surface area contributed by atoms with Crippen molar-refractivity contribution < 1.29 is 4.74 Å². The Hall–Kier alpha value is -0.820. The summed E-state index contributed by atoms with van der Waals surface area (Å²) in [5.41, 5.74) is 1.23. The van der Waals surface area contributed by atoms with Crippen molar-refractivity contribution in [3.05, 3.63) is 35.9 Å². The Labute approximate surface area is 151 Å². The van der Waals surface area contributed by atoms with Crippen molar-refractivity contribution in [3.8, 4) is 0 Å². The second-order valence-corrected chi connectivity index (χ2v) is 5.71. The number of aliphatic imine (C=N–C) groups is 1. The third-order valence-corrected chi connectivity index (χ3v) is 3.77. The van der Waals surface area contributed by atoms with Crippen molar-refractivity contribution in [1.29, 1.82) is 0 Å². The molecule has 1 fully saturated rings. The maximum Gasteiger partial charge on any atom is 0.191 e. The van der Waals surface area contributed by atoms with Gasteiger partial charge in [-0.05, 0) is 30.7 Å². The Morgan fingerprint density at radius 3 is 2.64 bits per heavy atom. The molecule has 2 atom stereocenters. The Morgan fingerprint density at radius 2 is 2.00 bits per heavy atom. The van der Waals surface area contributed by atoms with Gasteiger partial charge in [-0.1, -0.05) is 37.3 Å². The van der Waals surface area contributed by atoms with Gasteiger partial charge in [0, 0.05) is 26.2 Å². The van der Waals surface area contributed by atoms with E-state index < -0.39 is 0 Å². The topological polar surface area (TPSA) is 45.7 Å². The van der Waals surface area contributed by atoms with Gasteiger partial charge < -0.3 is 15.4 Å². The highest BCUT2D eigenvalue weighted by molar-refractivity contribution is 14.0. The van der Waals surface area contributed by atoms with Gasteiger partial charge in [0.2, 0.25) is 0 Å². The summed E-state index contributed by atoms with van der Waals surface area (Å²) in [6.45, 7) is 4.71. The fourth-order valence-corrected chi connectivity index (χ4v) is 2.19. The largest absolute Gasteiger partial charge is 0.377 e. The molecule has 5 heteroatoms. The fourth-order valence-electron chi connectivity index (χ4n) is 2.19. The van der Waals surface area contributed by atoms with E-state index in [0.29, 0.717) is 12.6 Å². The molecule has 0 heterocycles. The summed E-state index contributed by atoms with van der Waals surface area (Å²) in [6, 6.07) is 10.9. The van der Waals surface area contributed by atoms with Crippen LogP contribution in [0.3, 0.4) is 0 Å². The molecule has 1 aromatic carbocycles. The summed E-state index contributed by atoms with van der Waals surface area (Å²) in [5.74, 6) is 1.71. The molecule has 0 saturated heterocycles. The highest BCUT2D eigenvalue weighted by atomic mass is 127. The summed E-state index contributed by atoms with van der Waals surface area (Å²) >= 11 is 0. The van der Waals surface area contributed by atoms with Gasteiger partial charge in [0.25, 0.3) is 0 Å². The molecule has 1 saturated carbocycles. The van der Waals surface area contributed by atoms with Crippen LogP contribution >= 0.6 is 24.0 Å². The van der Waals surface area contributed by atoms with Crippen molar-refractivity contribution >= 4 is 29.9 Å². The molecule has 4 nitrogen and oxygen atoms in total. The minimum Gasteiger partial charge on any atom is -0.377 e. The second kappa shape index (κ2) is 10.8. The lowest BCUT2D eigenvalue weighted by atomic mass is 10.2. The van der Waals surface area contributed by atoms with Gasteiger partial charge in [-0.3, -0.25) is 4.99 Å². The van der Waals surface area contributed by atoms with E-state index >= 15 is 0 Å². The molecule has 1 aliphatic rings. The third kappa shape index (κ3) is 7.45. The SMILES string of the molecule is CN=C(NCCCCOCc1ccccc1)NC1CC1C.I. The van der Waals surface area contributed by atoms with Crippen LogP contribution in [0.15, 0.2) is 35.3 Å². The van der Waals surface area contributed by atoms with Gasteiger partial charge in [-0.2, -0.15) is 0 Å². The summed E-state index contributed by atoms with van der Waals surface area (Å²) in [5, 5.41) is 6.77. The molecule has 2 N–H and O–H groups in total. The molecule has 22 heavy (non-hydrogen) atoms. The Bertz CT molecular complexity index is 439. The Kier molecular flexibility index (Phi) is 9.47. The van der Waals surface area contributed by atoms with E-state index in [1.165, 1.54) is 12.0 Å². The van der Waals surface area contributed by atoms with Gasteiger partial charge in [0.1, 0.15) is 0 Å². The van der Waals surface area contributed by atoms with Gasteiger partial charge in [-0.15, -0.1) is 24.0 Å². The lowest BCUT2D eigenvalue weighted by Crippen LogP contribution is -2.39. The number of guanidine groups is 1. The summed E-state index contributed by atoms with van der Waals surface area (Å²) in [4.78, 5) is 4.24. The lowest BCUT2D eigenvalue weighted by Gasteiger charge is -2.11. The normalized spacial score (nSPS) is 20.2. The number of benzene rings is 1. The Morgan fingerprint density at radius 1 is 1.27 bits per heavy atom. The second-order valence-electron chi connectivity index (χ2n) is 5.71. The van der Waals surface area contributed by atoms with Crippen LogP contribution in [0.4, 0.5) is 0 Å². The van der Waals surface area contributed by atoms with E-state index in [1.807, 2.05) is 25.2 Å². The highest BCUT2D eigenvalue weighted by Crippen LogP contribution is 2.28. The molecule has 2 rings (SSSR count). The summed E-state index contributed by atoms with van der Waals surface area (Å²) in [7, 11) is 1.82. The van der Waals surface area contributed by atoms with Gasteiger partial charge in [0.15, 0.2) is 5.96 Å². The van der Waals surface area contributed by atoms with E-state index in [0.717, 1.165) is 37.9 Å². The molecule has 1 aliphatic carbocycles. The Balaban J connectivity index is 0.00000242. The molecule has 0 amide bonds. The van der Waals surface area contributed by atoms with Crippen LogP contribution in [0.5, 0.6) is 0 Å². The molecule has 0 aliphatic heterocycles. The first-order chi connectivity index (χ1) is 10.3. The summed E-state index contributed by atoms with van der Waals surface area (Å²) in [6.07, 6.45) is 3.42. The van der Waals surface area contributed by atoms with Crippen LogP contribution in [-0.4, -0.2) is 32.2 Å². The number of halogens is 1. The summed E-state index contributed by atoms with van der Waals surface area (Å²) < 4.78 is 5.67. The predicted octanol–water partition coefficient (Wildman–Crippen LogP) is 3.17. The smallest absolute Gasteiger partial charge is 0.191 e. The minimum atomic E-state index is 0. The first-order valence-corrected chi connectivity index (χ1v) is 7.88. The predicted molar refractivity (Wildman–Crippen MR) is 103 cm³/mol. The zero-order valence-electron chi connectivity index (χ0n) is 13.5. The highest BCUT2D eigenvalue weighted by Gasteiger charge is 2.32. The van der Waals surface area contributed by atoms with E-state index in [4.69, 9.17) is 4.74 Å². The first-order valence-electron chi connectivity index (χ1n) is 7.88. The van der Waals surface area contributed by atoms with E-state index in [-0.39, 0.29) is 24.0 Å². The number of nitrogens with zero attached hydrogens (tertiary/aromatic N) is 1. The van der Waals surface area contributed by atoms with Crippen molar-refractivity contribution in [2.24, 2.45) is 10.9 Å². The number of hydrogen-bond donors (Lipinski definition) is 2. The molecule has 124 valence electrons. The number of unbranched alkanes of at least 4 members (excludes halogenated alkanes) is 1. The first kappa shape index (κ1) is 19.2. The zero-order valence-corrected chi connectivity index (χ0v) is 15.9. The van der Waals surface area contributed by atoms with Gasteiger partial charge in [-0.25, -0.2) is 0 Å². The monoisotopic (exact) mass is 417 g/mol. The van der Waals surface area contributed by atoms with Crippen LogP contribution in [0.25, 0.3) is 0 Å². The van der Waals surface area contributed by atoms with Crippen molar-refractivity contribution in [1.82, 2.24) is 10.6 Å². The molecular weight excluding hydrogens is 389 g/mol. The zero-order chi connectivity index (χ0) is 14.9. The number of hydrogen-bond acceptors (Lipinski definition) is 2. The van der Waals surface area contributed by atoms with Crippen molar-refractivity contribution in [2.45, 2.75) is 38.8 Å². The van der Waals surface area contributed by atoms with E-state index in [2.05, 4.69) is 34.7 Å². The number of nitrogens with one attached hydrogen (secondary N) is 2. The average molecular weight is 417 g/mol. The third-order valence-electron chi connectivity index (χ3n) is 3.77. The van der Waals surface area contributed by atoms with Crippen LogP contribution in [0, 0.1) is 5.92 Å². The fraction of sp³-hybridized carbons (Fsp3) is 0.588. The van der Waals surface area contributed by atoms with Crippen molar-refractivity contribution in [2.75, 3.05) is 20.2 Å². The molecular formula is C17H28IN3O. The average Bonchev–Trinajstić information content (AvgIpc) is 3.21. The molecule has 0 spiro atoms. The number of rotatable bonds is 8. The van der Waals surface area contributed by atoms with Gasteiger partial charge in [0.05, 0.1) is 6.61 Å². The van der Waals surface area contributed by atoms with E-state index in [1.54, 1.807) is 0 Å². The maximum atomic E-state index is 5.67. The molecule has 0 radical (unpaired) electrons. The van der Waals surface area contributed by atoms with Crippen LogP contribution < -0.4 is 10.6 Å². The van der Waals surface area contributed by atoms with Gasteiger partial charge >= 0.3 is 0 Å². The minimum absolute atomic E-state index is 0. The standard InChI is InChI=1S/C17H27N3O.HI/c1-14-12-16(14)20-17(18-2)19-10-6-7-11-21-13-15-8-4-3-5-9-15;/h3-5,8-9,14,16H,6-7,10-13H2,1-2H3,(H2,18,19,20);1H. The lowest BCUT2D eigenvalue weighted by molar-refractivity contribution is 0.117. The van der Waals surface area contributed by atoms with E-state index in [9.17, 15) is 0 Å².